The summed E-state index contributed by atoms with van der Waals surface area (Å²) in [5.74, 6) is -0.190. The summed E-state index contributed by atoms with van der Waals surface area (Å²) in [5.41, 5.74) is 1.83. The molecule has 3 rings (SSSR count). The van der Waals surface area contributed by atoms with E-state index in [4.69, 9.17) is 17.5 Å². The van der Waals surface area contributed by atoms with Gasteiger partial charge in [-0.25, -0.2) is 4.68 Å². The lowest BCUT2D eigenvalue weighted by atomic mass is 10.2. The van der Waals surface area contributed by atoms with Gasteiger partial charge in [-0.05, 0) is 43.4 Å². The quantitative estimate of drug-likeness (QED) is 0.500. The van der Waals surface area contributed by atoms with Crippen LogP contribution < -0.4 is 5.32 Å². The summed E-state index contributed by atoms with van der Waals surface area (Å²) in [6.07, 6.45) is 0. The Labute approximate surface area is 164 Å². The molecule has 0 bridgehead atoms. The van der Waals surface area contributed by atoms with Crippen LogP contribution in [0, 0.1) is 15.3 Å². The van der Waals surface area contributed by atoms with Crippen molar-refractivity contribution in [1.82, 2.24) is 9.78 Å². The summed E-state index contributed by atoms with van der Waals surface area (Å²) >= 11 is 8.09. The second-order valence-corrected chi connectivity index (χ2v) is 8.50. The first-order valence-corrected chi connectivity index (χ1v) is 9.81. The van der Waals surface area contributed by atoms with Crippen LogP contribution >= 0.6 is 35.3 Å². The zero-order valence-electron chi connectivity index (χ0n) is 13.7. The van der Waals surface area contributed by atoms with Crippen molar-refractivity contribution in [2.24, 2.45) is 0 Å². The highest BCUT2D eigenvalue weighted by Gasteiger charge is 2.18. The number of hydrogen-bond donors (Lipinski definition) is 1. The molecule has 2 aromatic carbocycles. The van der Waals surface area contributed by atoms with Crippen LogP contribution in [0.15, 0.2) is 58.9 Å². The number of nitriles is 1. The molecule has 0 spiro atoms. The molecule has 1 atom stereocenters. The van der Waals surface area contributed by atoms with Crippen LogP contribution in [-0.2, 0) is 4.79 Å². The Morgan fingerprint density at radius 3 is 2.69 bits per heavy atom. The smallest absolute Gasteiger partial charge is 0.237 e. The van der Waals surface area contributed by atoms with Crippen LogP contribution in [0.4, 0.5) is 5.69 Å². The molecular weight excluding hydrogens is 384 g/mol. The van der Waals surface area contributed by atoms with E-state index >= 15 is 0 Å². The Kier molecular flexibility index (Phi) is 5.83. The molecule has 3 aromatic rings. The lowest BCUT2D eigenvalue weighted by Crippen LogP contribution is -2.22. The molecule has 0 saturated heterocycles. The molecule has 0 unspecified atom stereocenters. The highest BCUT2D eigenvalue weighted by Crippen LogP contribution is 2.28. The lowest BCUT2D eigenvalue weighted by molar-refractivity contribution is -0.115. The average Bonchev–Trinajstić information content (AvgIpc) is 3.03. The van der Waals surface area contributed by atoms with Gasteiger partial charge in [0.05, 0.1) is 22.2 Å². The Balaban J connectivity index is 1.72. The van der Waals surface area contributed by atoms with Crippen molar-refractivity contribution in [1.29, 1.82) is 5.26 Å². The minimum absolute atomic E-state index is 0.190. The molecular formula is C18H14N4OS3. The van der Waals surface area contributed by atoms with Crippen molar-refractivity contribution < 1.29 is 4.79 Å². The first-order valence-electron chi connectivity index (χ1n) is 7.70. The number of aromatic nitrogens is 2. The van der Waals surface area contributed by atoms with E-state index in [1.165, 1.54) is 23.1 Å². The number of hydrogen-bond acceptors (Lipinski definition) is 6. The van der Waals surface area contributed by atoms with Crippen molar-refractivity contribution in [3.63, 3.8) is 0 Å². The summed E-state index contributed by atoms with van der Waals surface area (Å²) in [7, 11) is 0. The van der Waals surface area contributed by atoms with E-state index in [9.17, 15) is 4.79 Å². The Hall–Kier alpha value is -2.47. The second kappa shape index (κ2) is 8.27. The molecule has 0 radical (unpaired) electrons. The monoisotopic (exact) mass is 398 g/mol. The largest absolute Gasteiger partial charge is 0.324 e. The molecule has 26 heavy (non-hydrogen) atoms. The number of nitrogens with zero attached hydrogens (tertiary/aromatic N) is 3. The molecule has 1 heterocycles. The number of carbonyl (C=O) groups is 1. The second-order valence-electron chi connectivity index (χ2n) is 5.29. The topological polar surface area (TPSA) is 70.7 Å². The molecule has 0 saturated carbocycles. The van der Waals surface area contributed by atoms with Crippen LogP contribution in [0.2, 0.25) is 0 Å². The lowest BCUT2D eigenvalue weighted by Gasteiger charge is -2.11. The van der Waals surface area contributed by atoms with E-state index < -0.39 is 0 Å². The molecule has 1 amide bonds. The zero-order valence-corrected chi connectivity index (χ0v) is 16.2. The number of carbonyl (C=O) groups excluding carboxylic acids is 1. The molecule has 0 aliphatic heterocycles. The molecule has 130 valence electrons. The van der Waals surface area contributed by atoms with E-state index in [1.807, 2.05) is 30.3 Å². The van der Waals surface area contributed by atoms with Crippen LogP contribution in [-0.4, -0.2) is 20.9 Å². The van der Waals surface area contributed by atoms with Crippen LogP contribution in [0.25, 0.3) is 5.69 Å². The van der Waals surface area contributed by atoms with E-state index in [-0.39, 0.29) is 11.2 Å². The number of para-hydroxylation sites is 2. The maximum absolute atomic E-state index is 12.4. The molecule has 0 aliphatic rings. The van der Waals surface area contributed by atoms with E-state index in [0.717, 1.165) is 10.0 Å². The van der Waals surface area contributed by atoms with Gasteiger partial charge in [0.15, 0.2) is 8.29 Å². The van der Waals surface area contributed by atoms with Gasteiger partial charge in [-0.15, -0.1) is 5.10 Å². The number of thioether (sulfide) groups is 1. The number of rotatable bonds is 5. The van der Waals surface area contributed by atoms with Gasteiger partial charge in [-0.3, -0.25) is 4.79 Å². The van der Waals surface area contributed by atoms with E-state index in [0.29, 0.717) is 15.2 Å². The summed E-state index contributed by atoms with van der Waals surface area (Å²) in [4.78, 5) is 12.4. The molecule has 1 aromatic heterocycles. The first kappa shape index (κ1) is 18.3. The zero-order chi connectivity index (χ0) is 18.5. The summed E-state index contributed by atoms with van der Waals surface area (Å²) in [5, 5.41) is 16.0. The average molecular weight is 399 g/mol. The van der Waals surface area contributed by atoms with Crippen molar-refractivity contribution in [3.8, 4) is 11.8 Å². The maximum atomic E-state index is 12.4. The number of amides is 1. The van der Waals surface area contributed by atoms with Crippen molar-refractivity contribution in [2.75, 3.05) is 5.32 Å². The predicted molar refractivity (Wildman–Crippen MR) is 107 cm³/mol. The van der Waals surface area contributed by atoms with Crippen molar-refractivity contribution >= 4 is 46.9 Å². The minimum Gasteiger partial charge on any atom is -0.324 e. The molecule has 8 heteroatoms. The molecule has 0 aliphatic carbocycles. The van der Waals surface area contributed by atoms with Gasteiger partial charge in [0.25, 0.3) is 0 Å². The molecule has 0 fully saturated rings. The SMILES string of the molecule is C[C@@H](Sc1nn(-c2ccccc2)c(=S)s1)C(=O)Nc1ccccc1C#N. The van der Waals surface area contributed by atoms with Gasteiger partial charge >= 0.3 is 0 Å². The fraction of sp³-hybridized carbons (Fsp3) is 0.111. The maximum Gasteiger partial charge on any atom is 0.237 e. The van der Waals surface area contributed by atoms with Gasteiger partial charge in [-0.1, -0.05) is 53.4 Å². The van der Waals surface area contributed by atoms with Crippen LogP contribution in [0.1, 0.15) is 12.5 Å². The van der Waals surface area contributed by atoms with Crippen LogP contribution in [0.5, 0.6) is 0 Å². The third-order valence-corrected chi connectivity index (χ3v) is 5.90. The van der Waals surface area contributed by atoms with Gasteiger partial charge in [0, 0.05) is 0 Å². The van der Waals surface area contributed by atoms with Crippen molar-refractivity contribution in [3.05, 3.63) is 64.1 Å². The molecule has 5 nitrogen and oxygen atoms in total. The van der Waals surface area contributed by atoms with E-state index in [1.54, 1.807) is 35.9 Å². The summed E-state index contributed by atoms with van der Waals surface area (Å²) < 4.78 is 3.04. The molecule has 1 N–H and O–H groups in total. The highest BCUT2D eigenvalue weighted by molar-refractivity contribution is 8.02. The normalized spacial score (nSPS) is 11.5. The summed E-state index contributed by atoms with van der Waals surface area (Å²) in [6, 6.07) is 18.6. The number of benzene rings is 2. The standard InChI is InChI=1S/C18H14N4OS3/c1-12(16(23)20-15-10-6-5-7-13(15)11-19)25-17-21-22(18(24)26-17)14-8-3-2-4-9-14/h2-10,12H,1H3,(H,20,23)/t12-/m1/s1. The number of nitrogens with one attached hydrogen (secondary N) is 1. The van der Waals surface area contributed by atoms with Crippen LogP contribution in [0.3, 0.4) is 0 Å². The summed E-state index contributed by atoms with van der Waals surface area (Å²) in [6.45, 7) is 1.80. The fourth-order valence-electron chi connectivity index (χ4n) is 2.17. The Bertz CT molecular complexity index is 1020. The Morgan fingerprint density at radius 2 is 1.96 bits per heavy atom. The van der Waals surface area contributed by atoms with Gasteiger partial charge in [0.2, 0.25) is 5.91 Å². The first-order chi connectivity index (χ1) is 12.6. The van der Waals surface area contributed by atoms with Gasteiger partial charge < -0.3 is 5.32 Å². The highest BCUT2D eigenvalue weighted by atomic mass is 32.2. The van der Waals surface area contributed by atoms with Gasteiger partial charge in [-0.2, -0.15) is 5.26 Å². The predicted octanol–water partition coefficient (Wildman–Crippen LogP) is 4.65. The third kappa shape index (κ3) is 4.19. The van der Waals surface area contributed by atoms with E-state index in [2.05, 4.69) is 16.5 Å². The third-order valence-electron chi connectivity index (χ3n) is 3.48. The fourth-order valence-corrected chi connectivity index (χ4v) is 4.67. The minimum atomic E-state index is -0.383. The Morgan fingerprint density at radius 1 is 1.27 bits per heavy atom. The van der Waals surface area contributed by atoms with Gasteiger partial charge in [0.1, 0.15) is 6.07 Å². The number of anilines is 1. The van der Waals surface area contributed by atoms with Crippen molar-refractivity contribution in [2.45, 2.75) is 16.5 Å².